The Hall–Kier alpha value is -1.16. The highest BCUT2D eigenvalue weighted by atomic mass is 19.2. The Morgan fingerprint density at radius 3 is 3.00 bits per heavy atom. The van der Waals surface area contributed by atoms with Crippen LogP contribution in [0.4, 0.5) is 14.5 Å². The van der Waals surface area contributed by atoms with Crippen LogP contribution in [0.1, 0.15) is 26.2 Å². The predicted molar refractivity (Wildman–Crippen MR) is 65.1 cm³/mol. The molecule has 4 heteroatoms. The summed E-state index contributed by atoms with van der Waals surface area (Å²) in [4.78, 5) is 0. The number of benzene rings is 1. The van der Waals surface area contributed by atoms with Gasteiger partial charge in [0.1, 0.15) is 0 Å². The first-order valence-corrected chi connectivity index (χ1v) is 6.10. The quantitative estimate of drug-likeness (QED) is 0.845. The van der Waals surface area contributed by atoms with Crippen LogP contribution in [-0.2, 0) is 0 Å². The summed E-state index contributed by atoms with van der Waals surface area (Å²) in [5, 5.41) is 6.41. The van der Waals surface area contributed by atoms with E-state index in [4.69, 9.17) is 0 Å². The molecular weight excluding hydrogens is 222 g/mol. The van der Waals surface area contributed by atoms with Gasteiger partial charge in [-0.15, -0.1) is 0 Å². The maximum absolute atomic E-state index is 13.4. The zero-order valence-corrected chi connectivity index (χ0v) is 9.97. The molecule has 0 amide bonds. The minimum absolute atomic E-state index is 0.127. The van der Waals surface area contributed by atoms with Crippen LogP contribution in [0.5, 0.6) is 0 Å². The van der Waals surface area contributed by atoms with Crippen molar-refractivity contribution in [1.29, 1.82) is 0 Å². The molecule has 0 saturated carbocycles. The van der Waals surface area contributed by atoms with Gasteiger partial charge in [0.2, 0.25) is 0 Å². The Morgan fingerprint density at radius 2 is 2.29 bits per heavy atom. The van der Waals surface area contributed by atoms with Crippen molar-refractivity contribution in [2.24, 2.45) is 0 Å². The molecule has 2 atom stereocenters. The third kappa shape index (κ3) is 3.16. The summed E-state index contributed by atoms with van der Waals surface area (Å²) in [6.07, 6.45) is 3.29. The molecule has 2 rings (SSSR count). The molecule has 0 aliphatic carbocycles. The first kappa shape index (κ1) is 12.3. The molecule has 1 aromatic rings. The zero-order chi connectivity index (χ0) is 12.3. The van der Waals surface area contributed by atoms with Crippen LogP contribution in [-0.4, -0.2) is 18.6 Å². The number of rotatable bonds is 4. The van der Waals surface area contributed by atoms with E-state index in [0.717, 1.165) is 25.5 Å². The second kappa shape index (κ2) is 5.45. The predicted octanol–water partition coefficient (Wildman–Crippen LogP) is 2.91. The van der Waals surface area contributed by atoms with E-state index in [0.29, 0.717) is 6.04 Å². The van der Waals surface area contributed by atoms with Crippen molar-refractivity contribution in [2.45, 2.75) is 38.3 Å². The Morgan fingerprint density at radius 1 is 1.47 bits per heavy atom. The highest BCUT2D eigenvalue weighted by Crippen LogP contribution is 2.19. The average molecular weight is 240 g/mol. The average Bonchev–Trinajstić information content (AvgIpc) is 2.77. The number of nitrogens with one attached hydrogen (secondary N) is 2. The van der Waals surface area contributed by atoms with Gasteiger partial charge in [0.25, 0.3) is 0 Å². The lowest BCUT2D eigenvalue weighted by Gasteiger charge is -2.19. The molecule has 0 radical (unpaired) electrons. The molecular formula is C13H18F2N2. The fourth-order valence-corrected chi connectivity index (χ4v) is 2.32. The lowest BCUT2D eigenvalue weighted by molar-refractivity contribution is 0.501. The lowest BCUT2D eigenvalue weighted by Crippen LogP contribution is -2.29. The van der Waals surface area contributed by atoms with Gasteiger partial charge < -0.3 is 10.6 Å². The molecule has 0 aromatic heterocycles. The minimum Gasteiger partial charge on any atom is -0.380 e. The topological polar surface area (TPSA) is 24.1 Å². The number of hydrogen-bond acceptors (Lipinski definition) is 2. The van der Waals surface area contributed by atoms with Crippen molar-refractivity contribution < 1.29 is 8.78 Å². The molecule has 2 unspecified atom stereocenters. The van der Waals surface area contributed by atoms with E-state index in [1.165, 1.54) is 12.5 Å². The standard InChI is InChI=1S/C13H18F2N2/c1-9(8-10-4-3-7-16-10)17-12-6-2-5-11(14)13(12)15/h2,5-6,9-10,16-17H,3-4,7-8H2,1H3. The smallest absolute Gasteiger partial charge is 0.181 e. The fraction of sp³-hybridized carbons (Fsp3) is 0.538. The van der Waals surface area contributed by atoms with E-state index >= 15 is 0 Å². The lowest BCUT2D eigenvalue weighted by atomic mass is 10.1. The van der Waals surface area contributed by atoms with E-state index in [2.05, 4.69) is 10.6 Å². The van der Waals surface area contributed by atoms with Crippen LogP contribution < -0.4 is 10.6 Å². The van der Waals surface area contributed by atoms with E-state index in [-0.39, 0.29) is 11.7 Å². The highest BCUT2D eigenvalue weighted by molar-refractivity contribution is 5.45. The maximum Gasteiger partial charge on any atom is 0.181 e. The SMILES string of the molecule is CC(CC1CCCN1)Nc1cccc(F)c1F. The Kier molecular flexibility index (Phi) is 3.94. The number of halogens is 2. The second-order valence-corrected chi connectivity index (χ2v) is 4.68. The van der Waals surface area contributed by atoms with Crippen LogP contribution in [0, 0.1) is 11.6 Å². The summed E-state index contributed by atoms with van der Waals surface area (Å²) >= 11 is 0. The first-order chi connectivity index (χ1) is 8.16. The van der Waals surface area contributed by atoms with Crippen LogP contribution in [0.3, 0.4) is 0 Å². The van der Waals surface area contributed by atoms with Crippen molar-refractivity contribution in [3.63, 3.8) is 0 Å². The van der Waals surface area contributed by atoms with Crippen LogP contribution in [0.15, 0.2) is 18.2 Å². The first-order valence-electron chi connectivity index (χ1n) is 6.10. The number of anilines is 1. The Balaban J connectivity index is 1.93. The molecule has 1 saturated heterocycles. The van der Waals surface area contributed by atoms with E-state index in [9.17, 15) is 8.78 Å². The summed E-state index contributed by atoms with van der Waals surface area (Å²) < 4.78 is 26.4. The fourth-order valence-electron chi connectivity index (χ4n) is 2.32. The van der Waals surface area contributed by atoms with Crippen molar-refractivity contribution >= 4 is 5.69 Å². The van der Waals surface area contributed by atoms with Crippen LogP contribution in [0.25, 0.3) is 0 Å². The van der Waals surface area contributed by atoms with Crippen molar-refractivity contribution in [3.05, 3.63) is 29.8 Å². The Labute approximate surface area is 100 Å². The molecule has 1 aromatic carbocycles. The number of hydrogen-bond donors (Lipinski definition) is 2. The summed E-state index contributed by atoms with van der Waals surface area (Å²) in [6, 6.07) is 4.83. The van der Waals surface area contributed by atoms with Gasteiger partial charge in [0, 0.05) is 12.1 Å². The molecule has 1 aliphatic heterocycles. The maximum atomic E-state index is 13.4. The van der Waals surface area contributed by atoms with Gasteiger partial charge in [0.15, 0.2) is 11.6 Å². The third-order valence-corrected chi connectivity index (χ3v) is 3.15. The Bertz CT molecular complexity index is 376. The molecule has 94 valence electrons. The molecule has 0 spiro atoms. The van der Waals surface area contributed by atoms with Gasteiger partial charge in [0.05, 0.1) is 5.69 Å². The van der Waals surface area contributed by atoms with E-state index < -0.39 is 11.6 Å². The summed E-state index contributed by atoms with van der Waals surface area (Å²) in [6.45, 7) is 3.05. The monoisotopic (exact) mass is 240 g/mol. The molecule has 0 bridgehead atoms. The molecule has 17 heavy (non-hydrogen) atoms. The van der Waals surface area contributed by atoms with Crippen molar-refractivity contribution in [1.82, 2.24) is 5.32 Å². The van der Waals surface area contributed by atoms with E-state index in [1.807, 2.05) is 6.92 Å². The zero-order valence-electron chi connectivity index (χ0n) is 9.97. The summed E-state index contributed by atoms with van der Waals surface area (Å²) in [5.41, 5.74) is 0.246. The summed E-state index contributed by atoms with van der Waals surface area (Å²) in [5.74, 6) is -1.60. The highest BCUT2D eigenvalue weighted by Gasteiger charge is 2.18. The minimum atomic E-state index is -0.804. The molecule has 2 N–H and O–H groups in total. The van der Waals surface area contributed by atoms with Gasteiger partial charge in [-0.3, -0.25) is 0 Å². The van der Waals surface area contributed by atoms with Crippen LogP contribution >= 0.6 is 0 Å². The normalized spacial score (nSPS) is 21.5. The van der Waals surface area contributed by atoms with Crippen molar-refractivity contribution in [2.75, 3.05) is 11.9 Å². The molecule has 2 nitrogen and oxygen atoms in total. The van der Waals surface area contributed by atoms with Gasteiger partial charge in [-0.2, -0.15) is 0 Å². The van der Waals surface area contributed by atoms with Gasteiger partial charge in [-0.25, -0.2) is 8.78 Å². The van der Waals surface area contributed by atoms with Crippen molar-refractivity contribution in [3.8, 4) is 0 Å². The van der Waals surface area contributed by atoms with Crippen LogP contribution in [0.2, 0.25) is 0 Å². The summed E-state index contributed by atoms with van der Waals surface area (Å²) in [7, 11) is 0. The van der Waals surface area contributed by atoms with Gasteiger partial charge in [-0.1, -0.05) is 6.07 Å². The largest absolute Gasteiger partial charge is 0.380 e. The third-order valence-electron chi connectivity index (χ3n) is 3.15. The molecule has 1 fully saturated rings. The molecule has 1 aliphatic rings. The second-order valence-electron chi connectivity index (χ2n) is 4.68. The van der Waals surface area contributed by atoms with Gasteiger partial charge in [-0.05, 0) is 44.9 Å². The van der Waals surface area contributed by atoms with Gasteiger partial charge >= 0.3 is 0 Å². The van der Waals surface area contributed by atoms with E-state index in [1.54, 1.807) is 6.07 Å². The molecule has 1 heterocycles.